The first-order chi connectivity index (χ1) is 9.63. The highest BCUT2D eigenvalue weighted by molar-refractivity contribution is 5.94. The number of aromatic nitrogens is 1. The summed E-state index contributed by atoms with van der Waals surface area (Å²) in [7, 11) is 1.28. The van der Waals surface area contributed by atoms with E-state index in [1.807, 2.05) is 0 Å². The predicted molar refractivity (Wildman–Crippen MR) is 68.5 cm³/mol. The van der Waals surface area contributed by atoms with Crippen molar-refractivity contribution in [3.05, 3.63) is 17.0 Å². The Bertz CT molecular complexity index is 497. The lowest BCUT2D eigenvalue weighted by atomic mass is 10.1. The monoisotopic (exact) mass is 282 g/mol. The minimum absolute atomic E-state index is 0.105. The van der Waals surface area contributed by atoms with Gasteiger partial charge in [-0.25, -0.2) is 4.79 Å². The zero-order chi connectivity index (χ0) is 14.5. The summed E-state index contributed by atoms with van der Waals surface area (Å²) in [5.74, 6) is -0.763. The minimum atomic E-state index is -1.12. The third-order valence-corrected chi connectivity index (χ3v) is 3.42. The number of ether oxygens (including phenoxy) is 1. The summed E-state index contributed by atoms with van der Waals surface area (Å²) in [6.07, 6.45) is 3.65. The van der Waals surface area contributed by atoms with Crippen LogP contribution in [0.3, 0.4) is 0 Å². The molecule has 110 valence electrons. The fourth-order valence-electron chi connectivity index (χ4n) is 2.28. The Hall–Kier alpha value is -1.89. The number of rotatable bonds is 5. The number of carboxylic acids is 1. The Morgan fingerprint density at radius 2 is 2.15 bits per heavy atom. The summed E-state index contributed by atoms with van der Waals surface area (Å²) in [5, 5.41) is 15.2. The number of hydrogen-bond acceptors (Lipinski definition) is 5. The van der Waals surface area contributed by atoms with Gasteiger partial charge in [0.2, 0.25) is 0 Å². The minimum Gasteiger partial charge on any atom is -0.479 e. The zero-order valence-electron chi connectivity index (χ0n) is 11.3. The van der Waals surface area contributed by atoms with Crippen LogP contribution in [0.5, 0.6) is 0 Å². The van der Waals surface area contributed by atoms with Crippen molar-refractivity contribution in [3.63, 3.8) is 0 Å². The van der Waals surface area contributed by atoms with Crippen molar-refractivity contribution in [3.8, 4) is 0 Å². The van der Waals surface area contributed by atoms with Crippen LogP contribution in [0.1, 0.15) is 41.1 Å². The number of methoxy groups -OCH3 is 1. The Balaban J connectivity index is 2.03. The summed E-state index contributed by atoms with van der Waals surface area (Å²) < 4.78 is 9.96. The highest BCUT2D eigenvalue weighted by atomic mass is 16.5. The third kappa shape index (κ3) is 3.16. The topological polar surface area (TPSA) is 102 Å². The van der Waals surface area contributed by atoms with E-state index in [0.717, 1.165) is 43.4 Å². The lowest BCUT2D eigenvalue weighted by molar-refractivity contribution is -0.148. The first kappa shape index (κ1) is 14.5. The van der Waals surface area contributed by atoms with Crippen LogP contribution >= 0.6 is 0 Å². The van der Waals surface area contributed by atoms with Crippen molar-refractivity contribution in [2.75, 3.05) is 13.7 Å². The number of nitrogens with zero attached hydrogens (tertiary/aromatic N) is 1. The molecule has 2 rings (SSSR count). The second kappa shape index (κ2) is 6.51. The number of hydrogen-bond donors (Lipinski definition) is 2. The van der Waals surface area contributed by atoms with Crippen molar-refractivity contribution < 1.29 is 24.0 Å². The van der Waals surface area contributed by atoms with Crippen LogP contribution in [0.4, 0.5) is 0 Å². The van der Waals surface area contributed by atoms with Crippen LogP contribution in [0.25, 0.3) is 0 Å². The molecule has 0 bridgehead atoms. The Labute approximate surface area is 116 Å². The van der Waals surface area contributed by atoms with Gasteiger partial charge in [0.25, 0.3) is 5.91 Å². The molecule has 1 aromatic heterocycles. The molecular weight excluding hydrogens is 264 g/mol. The van der Waals surface area contributed by atoms with Gasteiger partial charge in [0, 0.05) is 19.1 Å². The molecule has 1 heterocycles. The van der Waals surface area contributed by atoms with E-state index >= 15 is 0 Å². The second-order valence-electron chi connectivity index (χ2n) is 4.77. The smallest absolute Gasteiger partial charge is 0.334 e. The summed E-state index contributed by atoms with van der Waals surface area (Å²) in [6.45, 7) is -0.105. The van der Waals surface area contributed by atoms with Crippen molar-refractivity contribution in [1.82, 2.24) is 10.5 Å². The van der Waals surface area contributed by atoms with E-state index in [0.29, 0.717) is 0 Å². The zero-order valence-corrected chi connectivity index (χ0v) is 11.3. The fraction of sp³-hybridized carbons (Fsp3) is 0.615. The summed E-state index contributed by atoms with van der Waals surface area (Å²) >= 11 is 0. The van der Waals surface area contributed by atoms with E-state index in [9.17, 15) is 9.59 Å². The maximum Gasteiger partial charge on any atom is 0.334 e. The molecular formula is C13H18N2O5. The lowest BCUT2D eigenvalue weighted by Gasteiger charge is -2.10. The molecule has 1 amide bonds. The number of fused-ring (bicyclic) bond motifs is 1. The molecule has 0 radical (unpaired) electrons. The third-order valence-electron chi connectivity index (χ3n) is 3.42. The van der Waals surface area contributed by atoms with Crippen LogP contribution in [0, 0.1) is 0 Å². The normalized spacial score (nSPS) is 16.1. The second-order valence-corrected chi connectivity index (χ2v) is 4.77. The van der Waals surface area contributed by atoms with Gasteiger partial charge >= 0.3 is 5.97 Å². The quantitative estimate of drug-likeness (QED) is 0.773. The molecule has 0 saturated heterocycles. The van der Waals surface area contributed by atoms with E-state index in [4.69, 9.17) is 14.4 Å². The molecule has 0 aliphatic heterocycles. The van der Waals surface area contributed by atoms with Crippen molar-refractivity contribution in [2.45, 2.75) is 38.2 Å². The van der Waals surface area contributed by atoms with E-state index in [1.54, 1.807) is 0 Å². The Morgan fingerprint density at radius 1 is 1.40 bits per heavy atom. The number of carboxylic acid groups (broad SMARTS) is 1. The molecule has 1 aliphatic rings. The molecule has 1 aliphatic carbocycles. The molecule has 0 saturated carbocycles. The number of nitrogens with one attached hydrogen (secondary N) is 1. The summed E-state index contributed by atoms with van der Waals surface area (Å²) in [6, 6.07) is 0. The number of aliphatic carboxylic acids is 1. The number of amides is 1. The molecule has 0 fully saturated rings. The molecule has 7 nitrogen and oxygen atoms in total. The van der Waals surface area contributed by atoms with Gasteiger partial charge in [-0.1, -0.05) is 11.6 Å². The average molecular weight is 282 g/mol. The van der Waals surface area contributed by atoms with Crippen LogP contribution < -0.4 is 5.32 Å². The predicted octanol–water partition coefficient (Wildman–Crippen LogP) is 0.773. The largest absolute Gasteiger partial charge is 0.479 e. The maximum atomic E-state index is 12.1. The van der Waals surface area contributed by atoms with Gasteiger partial charge < -0.3 is 19.7 Å². The molecule has 1 unspecified atom stereocenters. The summed E-state index contributed by atoms with van der Waals surface area (Å²) in [5.41, 5.74) is 1.12. The van der Waals surface area contributed by atoms with Gasteiger partial charge in [-0.15, -0.1) is 0 Å². The molecule has 2 N–H and O–H groups in total. The van der Waals surface area contributed by atoms with Gasteiger partial charge in [0.15, 0.2) is 11.8 Å². The number of carbonyl (C=O) groups is 2. The van der Waals surface area contributed by atoms with Gasteiger partial charge in [0.05, 0.1) is 6.54 Å². The molecule has 7 heteroatoms. The fourth-order valence-corrected chi connectivity index (χ4v) is 2.28. The van der Waals surface area contributed by atoms with Crippen LogP contribution in [0.2, 0.25) is 0 Å². The molecule has 1 atom stereocenters. The molecule has 0 spiro atoms. The number of carbonyl (C=O) groups excluding carboxylic acids is 1. The van der Waals surface area contributed by atoms with Gasteiger partial charge in [-0.2, -0.15) is 0 Å². The van der Waals surface area contributed by atoms with Crippen molar-refractivity contribution >= 4 is 11.9 Å². The van der Waals surface area contributed by atoms with Gasteiger partial charge in [-0.3, -0.25) is 4.79 Å². The van der Waals surface area contributed by atoms with Crippen LogP contribution in [-0.4, -0.2) is 41.9 Å². The highest BCUT2D eigenvalue weighted by Gasteiger charge is 2.24. The van der Waals surface area contributed by atoms with Crippen LogP contribution in [-0.2, 0) is 22.4 Å². The average Bonchev–Trinajstić information content (AvgIpc) is 2.68. The van der Waals surface area contributed by atoms with E-state index in [2.05, 4.69) is 10.5 Å². The standard InChI is InChI=1S/C13H18N2O5/c1-19-10(13(17)18)7-14-12(16)11-8-5-3-2-4-6-9(8)20-15-11/h10H,2-7H2,1H3,(H,14,16)(H,17,18). The van der Waals surface area contributed by atoms with E-state index < -0.39 is 18.0 Å². The first-order valence-corrected chi connectivity index (χ1v) is 6.64. The molecule has 0 aromatic carbocycles. The summed E-state index contributed by atoms with van der Waals surface area (Å²) in [4.78, 5) is 22.8. The lowest BCUT2D eigenvalue weighted by Crippen LogP contribution is -2.38. The SMILES string of the molecule is COC(CNC(=O)c1noc2c1CCCCC2)C(=O)O. The maximum absolute atomic E-state index is 12.1. The van der Waals surface area contributed by atoms with Gasteiger partial charge in [0.1, 0.15) is 5.76 Å². The Kier molecular flexibility index (Phi) is 4.73. The van der Waals surface area contributed by atoms with Crippen molar-refractivity contribution in [2.24, 2.45) is 0 Å². The van der Waals surface area contributed by atoms with E-state index in [1.165, 1.54) is 7.11 Å². The highest BCUT2D eigenvalue weighted by Crippen LogP contribution is 2.23. The van der Waals surface area contributed by atoms with E-state index in [-0.39, 0.29) is 12.2 Å². The molecule has 1 aromatic rings. The Morgan fingerprint density at radius 3 is 2.85 bits per heavy atom. The first-order valence-electron chi connectivity index (χ1n) is 6.64. The van der Waals surface area contributed by atoms with Gasteiger partial charge in [-0.05, 0) is 19.3 Å². The molecule has 20 heavy (non-hydrogen) atoms. The number of aryl methyl sites for hydroxylation is 1. The van der Waals surface area contributed by atoms with Crippen LogP contribution in [0.15, 0.2) is 4.52 Å². The van der Waals surface area contributed by atoms with Crippen molar-refractivity contribution in [1.29, 1.82) is 0 Å².